The molecule has 12 nitrogen and oxygen atoms in total. The highest BCUT2D eigenvalue weighted by molar-refractivity contribution is 6.08. The van der Waals surface area contributed by atoms with Gasteiger partial charge in [-0.1, -0.05) is 12.1 Å². The minimum atomic E-state index is -0.579. The van der Waals surface area contributed by atoms with E-state index in [-0.39, 0.29) is 22.7 Å². The Labute approximate surface area is 264 Å². The molecule has 0 radical (unpaired) electrons. The van der Waals surface area contributed by atoms with Crippen LogP contribution in [0.3, 0.4) is 0 Å². The van der Waals surface area contributed by atoms with Crippen molar-refractivity contribution in [2.75, 3.05) is 30.9 Å². The van der Waals surface area contributed by atoms with Gasteiger partial charge >= 0.3 is 0 Å². The summed E-state index contributed by atoms with van der Waals surface area (Å²) in [7, 11) is 1.58. The van der Waals surface area contributed by atoms with Gasteiger partial charge in [0.05, 0.1) is 24.4 Å². The number of methoxy groups -OCH3 is 1. The molecule has 0 aromatic heterocycles. The Morgan fingerprint density at radius 1 is 0.848 bits per heavy atom. The van der Waals surface area contributed by atoms with E-state index in [2.05, 4.69) is 15.7 Å². The zero-order chi connectivity index (χ0) is 32.6. The summed E-state index contributed by atoms with van der Waals surface area (Å²) in [6.45, 7) is 2.86. The monoisotopic (exact) mass is 621 g/mol. The molecule has 0 saturated heterocycles. The Hall–Kier alpha value is -6.04. The summed E-state index contributed by atoms with van der Waals surface area (Å²) in [5.41, 5.74) is 3.04. The van der Waals surface area contributed by atoms with Crippen LogP contribution in [0.4, 0.5) is 17.1 Å². The Morgan fingerprint density at radius 2 is 1.54 bits per heavy atom. The zero-order valence-electron chi connectivity index (χ0n) is 25.2. The van der Waals surface area contributed by atoms with Crippen LogP contribution in [-0.2, 0) is 0 Å². The number of hydrogen-bond donors (Lipinski definition) is 2. The summed E-state index contributed by atoms with van der Waals surface area (Å²) < 4.78 is 11.1. The van der Waals surface area contributed by atoms with E-state index in [4.69, 9.17) is 9.47 Å². The molecular weight excluding hydrogens is 590 g/mol. The number of nitro groups is 1. The molecule has 0 atom stereocenters. The van der Waals surface area contributed by atoms with E-state index in [1.165, 1.54) is 35.3 Å². The minimum absolute atomic E-state index is 0.113. The largest absolute Gasteiger partial charge is 0.493 e. The highest BCUT2D eigenvalue weighted by Gasteiger charge is 2.22. The number of non-ortho nitro benzene ring substituents is 1. The summed E-state index contributed by atoms with van der Waals surface area (Å²) in [4.78, 5) is 49.4. The molecule has 0 saturated carbocycles. The third-order valence-corrected chi connectivity index (χ3v) is 7.15. The Morgan fingerprint density at radius 3 is 2.24 bits per heavy atom. The van der Waals surface area contributed by atoms with E-state index in [9.17, 15) is 24.5 Å². The zero-order valence-corrected chi connectivity index (χ0v) is 25.2. The van der Waals surface area contributed by atoms with E-state index in [0.717, 1.165) is 17.7 Å². The molecule has 0 aliphatic carbocycles. The normalized spacial score (nSPS) is 12.5. The van der Waals surface area contributed by atoms with Crippen LogP contribution in [0.2, 0.25) is 0 Å². The first kappa shape index (κ1) is 31.4. The lowest BCUT2D eigenvalue weighted by Crippen LogP contribution is -2.32. The van der Waals surface area contributed by atoms with Crippen molar-refractivity contribution < 1.29 is 28.8 Å². The van der Waals surface area contributed by atoms with Crippen LogP contribution in [0.25, 0.3) is 0 Å². The molecule has 0 fully saturated rings. The van der Waals surface area contributed by atoms with Crippen molar-refractivity contribution in [3.05, 3.63) is 123 Å². The SMILES string of the molecule is CCOc1cc(C2=NN(C(=O)c3ccc(NC(=O)c4cccc(NC(=O)c5cccc([N+](=O)[O-])c5)c4)cc3)CCC2)ccc1OC. The molecule has 1 heterocycles. The predicted octanol–water partition coefficient (Wildman–Crippen LogP) is 6.15. The number of carbonyl (C=O) groups excluding carboxylic acids is 3. The van der Waals surface area contributed by atoms with E-state index < -0.39 is 16.7 Å². The van der Waals surface area contributed by atoms with E-state index >= 15 is 0 Å². The molecule has 234 valence electrons. The van der Waals surface area contributed by atoms with Gasteiger partial charge in [-0.05, 0) is 86.5 Å². The maximum absolute atomic E-state index is 13.3. The van der Waals surface area contributed by atoms with Crippen LogP contribution in [0.5, 0.6) is 11.5 Å². The first-order valence-corrected chi connectivity index (χ1v) is 14.5. The molecule has 0 unspecified atom stereocenters. The van der Waals surface area contributed by atoms with Crippen molar-refractivity contribution in [3.63, 3.8) is 0 Å². The van der Waals surface area contributed by atoms with Crippen LogP contribution >= 0.6 is 0 Å². The van der Waals surface area contributed by atoms with E-state index in [1.807, 2.05) is 25.1 Å². The molecule has 12 heteroatoms. The lowest BCUT2D eigenvalue weighted by Gasteiger charge is -2.24. The number of nitro benzene ring substituents is 1. The number of amides is 3. The molecule has 1 aliphatic rings. The van der Waals surface area contributed by atoms with Gasteiger partial charge in [-0.3, -0.25) is 24.5 Å². The number of anilines is 2. The van der Waals surface area contributed by atoms with Gasteiger partial charge in [-0.2, -0.15) is 5.10 Å². The number of benzene rings is 4. The van der Waals surface area contributed by atoms with Crippen molar-refractivity contribution >= 4 is 40.5 Å². The quantitative estimate of drug-likeness (QED) is 0.159. The van der Waals surface area contributed by atoms with Gasteiger partial charge in [0.1, 0.15) is 0 Å². The molecule has 0 spiro atoms. The fraction of sp³-hybridized carbons (Fsp3) is 0.176. The first-order valence-electron chi connectivity index (χ1n) is 14.5. The van der Waals surface area contributed by atoms with Crippen molar-refractivity contribution in [1.29, 1.82) is 0 Å². The fourth-order valence-electron chi connectivity index (χ4n) is 4.87. The number of nitrogens with zero attached hydrogens (tertiary/aromatic N) is 3. The van der Waals surface area contributed by atoms with Crippen LogP contribution in [0, 0.1) is 10.1 Å². The fourth-order valence-corrected chi connectivity index (χ4v) is 4.87. The number of rotatable bonds is 10. The third kappa shape index (κ3) is 7.36. The number of nitrogens with one attached hydrogen (secondary N) is 2. The molecule has 2 N–H and O–H groups in total. The second-order valence-corrected chi connectivity index (χ2v) is 10.3. The lowest BCUT2D eigenvalue weighted by atomic mass is 10.0. The minimum Gasteiger partial charge on any atom is -0.493 e. The number of hydrogen-bond acceptors (Lipinski definition) is 8. The number of hydrazone groups is 1. The van der Waals surface area contributed by atoms with Gasteiger partial charge in [-0.15, -0.1) is 0 Å². The van der Waals surface area contributed by atoms with Gasteiger partial charge in [0.2, 0.25) is 0 Å². The predicted molar refractivity (Wildman–Crippen MR) is 173 cm³/mol. The topological polar surface area (TPSA) is 152 Å². The lowest BCUT2D eigenvalue weighted by molar-refractivity contribution is -0.384. The van der Waals surface area contributed by atoms with E-state index in [0.29, 0.717) is 48.0 Å². The summed E-state index contributed by atoms with van der Waals surface area (Å²) in [5.74, 6) is -0.00332. The maximum atomic E-state index is 13.3. The molecule has 5 rings (SSSR count). The Bertz CT molecular complexity index is 1820. The van der Waals surface area contributed by atoms with Gasteiger partial charge in [0.15, 0.2) is 11.5 Å². The second kappa shape index (κ2) is 14.2. The Kier molecular flexibility index (Phi) is 9.66. The molecule has 3 amide bonds. The average Bonchev–Trinajstić information content (AvgIpc) is 3.08. The third-order valence-electron chi connectivity index (χ3n) is 7.15. The van der Waals surface area contributed by atoms with Crippen molar-refractivity contribution in [1.82, 2.24) is 5.01 Å². The van der Waals surface area contributed by atoms with Gasteiger partial charge in [0.25, 0.3) is 23.4 Å². The van der Waals surface area contributed by atoms with Crippen molar-refractivity contribution in [2.45, 2.75) is 19.8 Å². The number of carbonyl (C=O) groups is 3. The van der Waals surface area contributed by atoms with Crippen molar-refractivity contribution in [3.8, 4) is 11.5 Å². The summed E-state index contributed by atoms with van der Waals surface area (Å²) >= 11 is 0. The van der Waals surface area contributed by atoms with Gasteiger partial charge < -0.3 is 20.1 Å². The molecular formula is C34H31N5O7. The highest BCUT2D eigenvalue weighted by atomic mass is 16.6. The summed E-state index contributed by atoms with van der Waals surface area (Å²) in [6, 6.07) is 23.7. The smallest absolute Gasteiger partial charge is 0.273 e. The average molecular weight is 622 g/mol. The van der Waals surface area contributed by atoms with Crippen LogP contribution in [-0.4, -0.2) is 53.6 Å². The van der Waals surface area contributed by atoms with Crippen LogP contribution < -0.4 is 20.1 Å². The molecule has 0 bridgehead atoms. The molecule has 1 aliphatic heterocycles. The number of ether oxygens (including phenoxy) is 2. The summed E-state index contributed by atoms with van der Waals surface area (Å²) in [6.07, 6.45) is 1.46. The highest BCUT2D eigenvalue weighted by Crippen LogP contribution is 2.30. The van der Waals surface area contributed by atoms with Crippen LogP contribution in [0.1, 0.15) is 56.4 Å². The maximum Gasteiger partial charge on any atom is 0.273 e. The van der Waals surface area contributed by atoms with Gasteiger partial charge in [0, 0.05) is 52.3 Å². The molecule has 4 aromatic rings. The van der Waals surface area contributed by atoms with Gasteiger partial charge in [-0.25, -0.2) is 5.01 Å². The summed E-state index contributed by atoms with van der Waals surface area (Å²) in [5, 5.41) is 22.6. The van der Waals surface area contributed by atoms with Crippen molar-refractivity contribution in [2.24, 2.45) is 5.10 Å². The first-order chi connectivity index (χ1) is 22.2. The second-order valence-electron chi connectivity index (χ2n) is 10.3. The van der Waals surface area contributed by atoms with E-state index in [1.54, 1.807) is 49.6 Å². The molecule has 4 aromatic carbocycles. The molecule has 46 heavy (non-hydrogen) atoms. The van der Waals surface area contributed by atoms with Crippen LogP contribution in [0.15, 0.2) is 96.1 Å². The standard InChI is InChI=1S/C34H31N5O7/c1-3-46-31-21-23(14-17-30(31)45-2)29-11-6-18-38(37-29)34(42)22-12-15-26(16-13-22)35-32(40)24-7-4-9-27(19-24)36-33(41)25-8-5-10-28(20-25)39(43)44/h4-5,7-10,12-17,19-21H,3,6,11,18H2,1-2H3,(H,35,40)(H,36,41). The Balaban J connectivity index is 1.23.